The van der Waals surface area contributed by atoms with E-state index in [9.17, 15) is 13.2 Å². The second kappa shape index (κ2) is 5.84. The van der Waals surface area contributed by atoms with E-state index in [4.69, 9.17) is 9.94 Å². The van der Waals surface area contributed by atoms with Crippen LogP contribution in [0.3, 0.4) is 0 Å². The zero-order valence-electron chi connectivity index (χ0n) is 11.3. The molecule has 1 aromatic rings. The van der Waals surface area contributed by atoms with E-state index in [1.165, 1.54) is 36.9 Å². The number of hydrogen-bond donors (Lipinski definition) is 3. The van der Waals surface area contributed by atoms with Crippen molar-refractivity contribution in [2.24, 2.45) is 0 Å². The first-order valence-electron chi connectivity index (χ1n) is 6.20. The van der Waals surface area contributed by atoms with Gasteiger partial charge in [-0.1, -0.05) is 12.8 Å². The summed E-state index contributed by atoms with van der Waals surface area (Å²) < 4.78 is 31.9. The van der Waals surface area contributed by atoms with Crippen molar-refractivity contribution >= 4 is 28.6 Å². The van der Waals surface area contributed by atoms with Gasteiger partial charge >= 0.3 is 0 Å². The van der Waals surface area contributed by atoms with Gasteiger partial charge in [0.25, 0.3) is 5.91 Å². The highest BCUT2D eigenvalue weighted by molar-refractivity contribution is 7.94. The molecule has 2 N–H and O–H groups in total. The van der Waals surface area contributed by atoms with Crippen LogP contribution in [0.15, 0.2) is 29.2 Å². The van der Waals surface area contributed by atoms with E-state index in [1.807, 2.05) is 0 Å². The Kier molecular flexibility index (Phi) is 4.47. The number of carbonyl (C=O) groups is 1. The molecule has 1 aliphatic heterocycles. The van der Waals surface area contributed by atoms with Gasteiger partial charge in [0.2, 0.25) is 14.7 Å². The van der Waals surface area contributed by atoms with Gasteiger partial charge in [0.1, 0.15) is 5.75 Å². The Morgan fingerprint density at radius 1 is 1.43 bits per heavy atom. The zero-order chi connectivity index (χ0) is 15.7. The third-order valence-corrected chi connectivity index (χ3v) is 6.64. The first-order chi connectivity index (χ1) is 9.90. The van der Waals surface area contributed by atoms with E-state index in [0.29, 0.717) is 18.7 Å². The second-order valence-corrected chi connectivity index (χ2v) is 7.27. The fourth-order valence-electron chi connectivity index (χ4n) is 2.44. The number of hydrogen-bond acceptors (Lipinski definition) is 7. The number of sulfone groups is 1. The summed E-state index contributed by atoms with van der Waals surface area (Å²) in [6.45, 7) is 0.325. The molecule has 7 nitrogen and oxygen atoms in total. The third kappa shape index (κ3) is 2.39. The van der Waals surface area contributed by atoms with E-state index in [2.05, 4.69) is 12.8 Å². The number of nitrogens with zero attached hydrogens (tertiary/aromatic N) is 1. The highest BCUT2D eigenvalue weighted by Crippen LogP contribution is 2.40. The fraction of sp³-hybridized carbons (Fsp3) is 0.417. The molecule has 1 fully saturated rings. The molecular formula is C12H16N2O5S2. The summed E-state index contributed by atoms with van der Waals surface area (Å²) >= 11 is 4.11. The third-order valence-electron chi connectivity index (χ3n) is 3.57. The molecule has 116 valence electrons. The van der Waals surface area contributed by atoms with Crippen molar-refractivity contribution in [3.8, 4) is 5.75 Å². The molecule has 21 heavy (non-hydrogen) atoms. The summed E-state index contributed by atoms with van der Waals surface area (Å²) in [6.07, 6.45) is 0.531. The molecule has 1 saturated heterocycles. The molecule has 9 heteroatoms. The lowest BCUT2D eigenvalue weighted by Crippen LogP contribution is -2.57. The average Bonchev–Trinajstić information content (AvgIpc) is 2.89. The lowest BCUT2D eigenvalue weighted by atomic mass is 10.2. The number of amides is 1. The second-order valence-electron chi connectivity index (χ2n) is 4.63. The molecule has 1 atom stereocenters. The fourth-order valence-corrected chi connectivity index (χ4v) is 5.05. The molecule has 0 saturated carbocycles. The number of hydroxylamine groups is 1. The van der Waals surface area contributed by atoms with Crippen LogP contribution in [0, 0.1) is 0 Å². The number of ether oxygens (including phenoxy) is 1. The quantitative estimate of drug-likeness (QED) is 0.425. The van der Waals surface area contributed by atoms with Crippen molar-refractivity contribution in [1.29, 1.82) is 0 Å². The minimum absolute atomic E-state index is 0.0344. The van der Waals surface area contributed by atoms with Crippen molar-refractivity contribution in [2.45, 2.75) is 22.6 Å². The molecule has 0 spiro atoms. The molecule has 1 aromatic carbocycles. The number of nitrogens with one attached hydrogen (secondary N) is 1. The van der Waals surface area contributed by atoms with Gasteiger partial charge < -0.3 is 4.74 Å². The smallest absolute Gasteiger partial charge is 0.280 e. The Hall–Kier alpha value is -1.29. The van der Waals surface area contributed by atoms with Gasteiger partial charge in [0.05, 0.1) is 12.0 Å². The maximum absolute atomic E-state index is 12.9. The summed E-state index contributed by atoms with van der Waals surface area (Å²) in [5, 5.41) is 8.93. The molecule has 1 heterocycles. The summed E-state index contributed by atoms with van der Waals surface area (Å²) in [5.41, 5.74) is 1.44. The Bertz CT molecular complexity index is 632. The summed E-state index contributed by atoms with van der Waals surface area (Å²) in [6, 6.07) is 5.71. The summed E-state index contributed by atoms with van der Waals surface area (Å²) in [4.78, 5) is 10.1. The van der Waals surface area contributed by atoms with Gasteiger partial charge in [0.15, 0.2) is 0 Å². The van der Waals surface area contributed by atoms with Crippen LogP contribution in [0.25, 0.3) is 0 Å². The van der Waals surface area contributed by atoms with Crippen LogP contribution < -0.4 is 10.2 Å². The van der Waals surface area contributed by atoms with Crippen LogP contribution in [-0.2, 0) is 14.6 Å². The van der Waals surface area contributed by atoms with Crippen LogP contribution in [0.1, 0.15) is 12.8 Å². The van der Waals surface area contributed by atoms with Crippen molar-refractivity contribution < 1.29 is 23.2 Å². The Morgan fingerprint density at radius 3 is 2.48 bits per heavy atom. The molecule has 0 radical (unpaired) electrons. The standard InChI is InChI=1S/C12H16N2O5S2/c1-19-9-3-5-10(6-4-9)21(17,18)12(11(15)13-16)7-2-8-14(12)20/h3-6,16,20H,2,7-8H2,1H3,(H,13,15). The van der Waals surface area contributed by atoms with Crippen LogP contribution in [0.4, 0.5) is 0 Å². The molecule has 1 unspecified atom stereocenters. The van der Waals surface area contributed by atoms with Gasteiger partial charge in [-0.05, 0) is 37.1 Å². The predicted octanol–water partition coefficient (Wildman–Crippen LogP) is 0.611. The van der Waals surface area contributed by atoms with E-state index in [-0.39, 0.29) is 11.3 Å². The molecule has 1 amide bonds. The van der Waals surface area contributed by atoms with Crippen LogP contribution in [0.5, 0.6) is 5.75 Å². The number of methoxy groups -OCH3 is 1. The minimum atomic E-state index is -4.06. The van der Waals surface area contributed by atoms with Gasteiger partial charge in [-0.15, -0.1) is 0 Å². The Morgan fingerprint density at radius 2 is 2.05 bits per heavy atom. The normalized spacial score (nSPS) is 23.0. The topological polar surface area (TPSA) is 95.9 Å². The van der Waals surface area contributed by atoms with E-state index in [1.54, 1.807) is 0 Å². The monoisotopic (exact) mass is 332 g/mol. The van der Waals surface area contributed by atoms with Crippen molar-refractivity contribution in [3.63, 3.8) is 0 Å². The maximum atomic E-state index is 12.9. The number of carbonyl (C=O) groups excluding carboxylic acids is 1. The molecular weight excluding hydrogens is 316 g/mol. The predicted molar refractivity (Wildman–Crippen MR) is 77.8 cm³/mol. The van der Waals surface area contributed by atoms with Gasteiger partial charge in [0, 0.05) is 6.54 Å². The Balaban J connectivity index is 2.55. The largest absolute Gasteiger partial charge is 0.497 e. The SMILES string of the molecule is COc1ccc(S(=O)(=O)C2(C(=O)NO)CCCN2S)cc1. The highest BCUT2D eigenvalue weighted by Gasteiger charge is 2.57. The summed E-state index contributed by atoms with van der Waals surface area (Å²) in [5.74, 6) is -0.505. The Labute approximate surface area is 128 Å². The summed E-state index contributed by atoms with van der Waals surface area (Å²) in [7, 11) is -2.60. The molecule has 0 aromatic heterocycles. The minimum Gasteiger partial charge on any atom is -0.497 e. The van der Waals surface area contributed by atoms with E-state index >= 15 is 0 Å². The molecule has 2 rings (SSSR count). The molecule has 0 aliphatic carbocycles. The van der Waals surface area contributed by atoms with E-state index in [0.717, 1.165) is 4.31 Å². The van der Waals surface area contributed by atoms with Crippen molar-refractivity contribution in [2.75, 3.05) is 13.7 Å². The van der Waals surface area contributed by atoms with Crippen molar-refractivity contribution in [3.05, 3.63) is 24.3 Å². The van der Waals surface area contributed by atoms with Crippen LogP contribution in [-0.4, -0.2) is 42.4 Å². The number of thiol groups is 1. The van der Waals surface area contributed by atoms with Gasteiger partial charge in [-0.3, -0.25) is 10.0 Å². The van der Waals surface area contributed by atoms with Crippen molar-refractivity contribution in [1.82, 2.24) is 9.79 Å². The average molecular weight is 332 g/mol. The zero-order valence-corrected chi connectivity index (χ0v) is 13.0. The lowest BCUT2D eigenvalue weighted by Gasteiger charge is -2.32. The van der Waals surface area contributed by atoms with Gasteiger partial charge in [-0.2, -0.15) is 0 Å². The lowest BCUT2D eigenvalue weighted by molar-refractivity contribution is -0.134. The van der Waals surface area contributed by atoms with Crippen LogP contribution >= 0.6 is 12.8 Å². The first-order valence-corrected chi connectivity index (χ1v) is 8.08. The first kappa shape index (κ1) is 16.1. The van der Waals surface area contributed by atoms with E-state index < -0.39 is 20.6 Å². The number of rotatable bonds is 4. The highest BCUT2D eigenvalue weighted by atomic mass is 32.2. The number of benzene rings is 1. The molecule has 1 aliphatic rings. The van der Waals surface area contributed by atoms with Gasteiger partial charge in [-0.25, -0.2) is 18.2 Å². The van der Waals surface area contributed by atoms with Crippen LogP contribution in [0.2, 0.25) is 0 Å². The molecule has 0 bridgehead atoms. The maximum Gasteiger partial charge on any atom is 0.280 e.